The molecular formula is C31H36BrClN2O3. The van der Waals surface area contributed by atoms with Crippen molar-refractivity contribution in [1.82, 2.24) is 10.2 Å². The quantitative estimate of drug-likeness (QED) is 0.260. The zero-order valence-electron chi connectivity index (χ0n) is 22.5. The van der Waals surface area contributed by atoms with E-state index in [1.165, 1.54) is 0 Å². The number of hydrogen-bond acceptors (Lipinski definition) is 3. The molecular weight excluding hydrogens is 564 g/mol. The van der Waals surface area contributed by atoms with Crippen molar-refractivity contribution >= 4 is 39.3 Å². The molecule has 7 heteroatoms. The Balaban J connectivity index is 1.89. The van der Waals surface area contributed by atoms with E-state index in [4.69, 9.17) is 16.3 Å². The van der Waals surface area contributed by atoms with E-state index in [0.29, 0.717) is 23.7 Å². The summed E-state index contributed by atoms with van der Waals surface area (Å²) in [6, 6.07) is 22.2. The van der Waals surface area contributed by atoms with E-state index in [-0.39, 0.29) is 30.4 Å². The smallest absolute Gasteiger partial charge is 0.261 e. The molecule has 0 saturated carbocycles. The molecule has 0 aromatic heterocycles. The summed E-state index contributed by atoms with van der Waals surface area (Å²) in [5.41, 5.74) is 2.94. The topological polar surface area (TPSA) is 58.6 Å². The molecule has 1 atom stereocenters. The minimum atomic E-state index is -0.717. The molecule has 38 heavy (non-hydrogen) atoms. The highest BCUT2D eigenvalue weighted by Crippen LogP contribution is 2.31. The molecule has 0 heterocycles. The van der Waals surface area contributed by atoms with Crippen LogP contribution in [0.1, 0.15) is 50.8 Å². The monoisotopic (exact) mass is 598 g/mol. The molecule has 0 aliphatic rings. The van der Waals surface area contributed by atoms with Gasteiger partial charge >= 0.3 is 0 Å². The molecule has 3 aromatic carbocycles. The molecule has 0 aliphatic heterocycles. The van der Waals surface area contributed by atoms with Gasteiger partial charge in [-0.15, -0.1) is 0 Å². The summed E-state index contributed by atoms with van der Waals surface area (Å²) in [6.07, 6.45) is 1.18. The van der Waals surface area contributed by atoms with Crippen LogP contribution in [-0.4, -0.2) is 35.9 Å². The Hall–Kier alpha value is -2.83. The highest BCUT2D eigenvalue weighted by Gasteiger charge is 2.30. The van der Waals surface area contributed by atoms with E-state index in [1.54, 1.807) is 11.0 Å². The standard InChI is InChI=1S/C31H36BrClN2O3/c1-5-16-34-30(37)27(18-22-10-7-6-8-11-22)35(20-23-12-9-13-25(33)17-23)29(36)21-38-28-15-14-24(19-26(28)32)31(2,3)4/h6-15,17,19,27H,5,16,18,20-21H2,1-4H3,(H,34,37)/t27-/m1/s1. The van der Waals surface area contributed by atoms with Crippen LogP contribution < -0.4 is 10.1 Å². The van der Waals surface area contributed by atoms with Crippen LogP contribution in [0.3, 0.4) is 0 Å². The van der Waals surface area contributed by atoms with Crippen LogP contribution in [0.15, 0.2) is 77.3 Å². The van der Waals surface area contributed by atoms with Gasteiger partial charge in [-0.3, -0.25) is 9.59 Å². The molecule has 1 N–H and O–H groups in total. The van der Waals surface area contributed by atoms with E-state index >= 15 is 0 Å². The second-order valence-corrected chi connectivity index (χ2v) is 11.6. The molecule has 0 unspecified atom stereocenters. The average Bonchev–Trinajstić information content (AvgIpc) is 2.88. The first-order chi connectivity index (χ1) is 18.1. The van der Waals surface area contributed by atoms with Crippen molar-refractivity contribution in [3.8, 4) is 5.75 Å². The molecule has 0 spiro atoms. The summed E-state index contributed by atoms with van der Waals surface area (Å²) in [5.74, 6) is 0.0928. The zero-order valence-corrected chi connectivity index (χ0v) is 24.8. The average molecular weight is 600 g/mol. The molecule has 202 valence electrons. The van der Waals surface area contributed by atoms with Crippen molar-refractivity contribution in [1.29, 1.82) is 0 Å². The normalized spacial score (nSPS) is 12.1. The van der Waals surface area contributed by atoms with Crippen molar-refractivity contribution in [2.24, 2.45) is 0 Å². The number of halogens is 2. The summed E-state index contributed by atoms with van der Waals surface area (Å²) in [4.78, 5) is 28.7. The van der Waals surface area contributed by atoms with Gasteiger partial charge in [-0.25, -0.2) is 0 Å². The fourth-order valence-corrected chi connectivity index (χ4v) is 4.76. The van der Waals surface area contributed by atoms with Crippen LogP contribution in [0.25, 0.3) is 0 Å². The van der Waals surface area contributed by atoms with E-state index in [0.717, 1.165) is 27.6 Å². The van der Waals surface area contributed by atoms with Gasteiger partial charge in [-0.05, 0) is 68.7 Å². The first kappa shape index (κ1) is 29.7. The van der Waals surface area contributed by atoms with Crippen LogP contribution in [0, 0.1) is 0 Å². The minimum Gasteiger partial charge on any atom is -0.483 e. The predicted octanol–water partition coefficient (Wildman–Crippen LogP) is 6.95. The molecule has 5 nitrogen and oxygen atoms in total. The van der Waals surface area contributed by atoms with Gasteiger partial charge in [0.15, 0.2) is 6.61 Å². The first-order valence-electron chi connectivity index (χ1n) is 12.9. The second-order valence-electron chi connectivity index (χ2n) is 10.3. The van der Waals surface area contributed by atoms with Gasteiger partial charge in [-0.1, -0.05) is 87.8 Å². The van der Waals surface area contributed by atoms with Crippen LogP contribution in [0.2, 0.25) is 5.02 Å². The SMILES string of the molecule is CCCNC(=O)[C@@H](Cc1ccccc1)N(Cc1cccc(Cl)c1)C(=O)COc1ccc(C(C)(C)C)cc1Br. The maximum absolute atomic E-state index is 13.7. The Morgan fingerprint density at radius 2 is 1.71 bits per heavy atom. The van der Waals surface area contributed by atoms with E-state index in [1.807, 2.05) is 73.7 Å². The minimum absolute atomic E-state index is 0.0128. The summed E-state index contributed by atoms with van der Waals surface area (Å²) < 4.78 is 6.75. The fourth-order valence-electron chi connectivity index (χ4n) is 4.06. The van der Waals surface area contributed by atoms with E-state index < -0.39 is 6.04 Å². The number of hydrogen-bond donors (Lipinski definition) is 1. The van der Waals surface area contributed by atoms with Crippen LogP contribution >= 0.6 is 27.5 Å². The number of ether oxygens (including phenoxy) is 1. The number of nitrogens with zero attached hydrogens (tertiary/aromatic N) is 1. The maximum atomic E-state index is 13.7. The number of nitrogens with one attached hydrogen (secondary N) is 1. The Labute approximate surface area is 239 Å². The number of benzene rings is 3. The Morgan fingerprint density at radius 1 is 1.00 bits per heavy atom. The lowest BCUT2D eigenvalue weighted by molar-refractivity contribution is -0.142. The Morgan fingerprint density at radius 3 is 2.34 bits per heavy atom. The van der Waals surface area contributed by atoms with Crippen molar-refractivity contribution < 1.29 is 14.3 Å². The van der Waals surface area contributed by atoms with Crippen LogP contribution in [0.5, 0.6) is 5.75 Å². The first-order valence-corrected chi connectivity index (χ1v) is 14.0. The van der Waals surface area contributed by atoms with Crippen molar-refractivity contribution in [3.63, 3.8) is 0 Å². The summed E-state index contributed by atoms with van der Waals surface area (Å²) in [7, 11) is 0. The highest BCUT2D eigenvalue weighted by atomic mass is 79.9. The highest BCUT2D eigenvalue weighted by molar-refractivity contribution is 9.10. The summed E-state index contributed by atoms with van der Waals surface area (Å²) >= 11 is 9.82. The third kappa shape index (κ3) is 8.60. The van der Waals surface area contributed by atoms with Gasteiger partial charge in [0.25, 0.3) is 5.91 Å². The predicted molar refractivity (Wildman–Crippen MR) is 158 cm³/mol. The largest absolute Gasteiger partial charge is 0.483 e. The molecule has 0 aliphatic carbocycles. The lowest BCUT2D eigenvalue weighted by atomic mass is 9.87. The molecule has 3 rings (SSSR count). The number of carbonyl (C=O) groups is 2. The molecule has 0 saturated heterocycles. The van der Waals surface area contributed by atoms with Gasteiger partial charge in [0.1, 0.15) is 11.8 Å². The van der Waals surface area contributed by atoms with E-state index in [9.17, 15) is 9.59 Å². The lowest BCUT2D eigenvalue weighted by Crippen LogP contribution is -2.51. The van der Waals surface area contributed by atoms with Crippen LogP contribution in [0.4, 0.5) is 0 Å². The number of carbonyl (C=O) groups excluding carboxylic acids is 2. The zero-order chi connectivity index (χ0) is 27.7. The number of rotatable bonds is 11. The lowest BCUT2D eigenvalue weighted by Gasteiger charge is -2.31. The third-order valence-electron chi connectivity index (χ3n) is 6.21. The summed E-state index contributed by atoms with van der Waals surface area (Å²) in [5, 5.41) is 3.55. The van der Waals surface area contributed by atoms with Gasteiger partial charge in [0, 0.05) is 24.5 Å². The van der Waals surface area contributed by atoms with Crippen molar-refractivity contribution in [2.75, 3.05) is 13.2 Å². The molecule has 0 bridgehead atoms. The van der Waals surface area contributed by atoms with Crippen molar-refractivity contribution in [2.45, 2.75) is 58.5 Å². The van der Waals surface area contributed by atoms with Crippen LogP contribution in [-0.2, 0) is 28.0 Å². The van der Waals surface area contributed by atoms with Gasteiger partial charge in [0.05, 0.1) is 4.47 Å². The van der Waals surface area contributed by atoms with E-state index in [2.05, 4.69) is 42.0 Å². The molecule has 2 amide bonds. The van der Waals surface area contributed by atoms with Gasteiger partial charge in [0.2, 0.25) is 5.91 Å². The Kier molecular flexibility index (Phi) is 10.8. The third-order valence-corrected chi connectivity index (χ3v) is 7.07. The number of amides is 2. The van der Waals surface area contributed by atoms with Gasteiger partial charge in [-0.2, -0.15) is 0 Å². The summed E-state index contributed by atoms with van der Waals surface area (Å²) in [6.45, 7) is 8.98. The van der Waals surface area contributed by atoms with Gasteiger partial charge < -0.3 is 15.0 Å². The maximum Gasteiger partial charge on any atom is 0.261 e. The molecule has 0 fully saturated rings. The molecule has 0 radical (unpaired) electrons. The second kappa shape index (κ2) is 13.8. The van der Waals surface area contributed by atoms with Crippen molar-refractivity contribution in [3.05, 3.63) is 99.0 Å². The molecule has 3 aromatic rings. The Bertz CT molecular complexity index is 1230. The fraction of sp³-hybridized carbons (Fsp3) is 0.355.